The van der Waals surface area contributed by atoms with E-state index in [1.54, 1.807) is 24.5 Å². The molecule has 3 atom stereocenters. The average Bonchev–Trinajstić information content (AvgIpc) is 3.23. The molecule has 0 bridgehead atoms. The molecule has 1 fully saturated rings. The number of hydrogen-bond donors (Lipinski definition) is 2. The maximum absolute atomic E-state index is 12.7. The molecule has 1 heterocycles. The lowest BCUT2D eigenvalue weighted by Crippen LogP contribution is -2.48. The van der Waals surface area contributed by atoms with Crippen LogP contribution in [0, 0.1) is 6.92 Å². The van der Waals surface area contributed by atoms with Gasteiger partial charge in [-0.3, -0.25) is 18.6 Å². The zero-order valence-corrected chi connectivity index (χ0v) is 18.7. The van der Waals surface area contributed by atoms with Crippen molar-refractivity contribution >= 4 is 28.5 Å². The zero-order valence-electron chi connectivity index (χ0n) is 17.9. The number of nitrogens with one attached hydrogen (secondary N) is 2. The van der Waals surface area contributed by atoms with Gasteiger partial charge in [0.2, 0.25) is 11.8 Å². The van der Waals surface area contributed by atoms with Crippen molar-refractivity contribution in [3.63, 3.8) is 0 Å². The van der Waals surface area contributed by atoms with Gasteiger partial charge < -0.3 is 15.5 Å². The van der Waals surface area contributed by atoms with Gasteiger partial charge in [0.15, 0.2) is 0 Å². The smallest absolute Gasteiger partial charge is 0.251 e. The van der Waals surface area contributed by atoms with Crippen molar-refractivity contribution in [3.8, 4) is 11.1 Å². The molecule has 0 aliphatic carbocycles. The molecule has 0 aromatic heterocycles. The predicted octanol–water partition coefficient (Wildman–Crippen LogP) is 1.49. The van der Waals surface area contributed by atoms with Gasteiger partial charge in [-0.1, -0.05) is 42.0 Å². The van der Waals surface area contributed by atoms with E-state index in [1.807, 2.05) is 37.3 Å². The van der Waals surface area contributed by atoms with E-state index in [0.29, 0.717) is 12.0 Å². The molecule has 2 aromatic rings. The molecular weight excluding hydrogens is 414 g/mol. The first-order valence-electron chi connectivity index (χ1n) is 10.1. The molecule has 0 saturated carbocycles. The van der Waals surface area contributed by atoms with Gasteiger partial charge >= 0.3 is 0 Å². The number of rotatable bonds is 6. The number of carbonyl (C=O) groups is 3. The third kappa shape index (κ3) is 5.38. The van der Waals surface area contributed by atoms with Crippen LogP contribution in [-0.2, 0) is 20.4 Å². The molecule has 2 aromatic carbocycles. The summed E-state index contributed by atoms with van der Waals surface area (Å²) in [6.45, 7) is 2.02. The second kappa shape index (κ2) is 9.87. The molecule has 1 saturated heterocycles. The summed E-state index contributed by atoms with van der Waals surface area (Å²) in [5.74, 6) is -1.03. The zero-order chi connectivity index (χ0) is 22.5. The van der Waals surface area contributed by atoms with Crippen molar-refractivity contribution in [1.82, 2.24) is 15.5 Å². The minimum Gasteiger partial charge on any atom is -0.357 e. The molecule has 7 nitrogen and oxygen atoms in total. The fourth-order valence-electron chi connectivity index (χ4n) is 3.67. The summed E-state index contributed by atoms with van der Waals surface area (Å²) >= 11 is 0. The lowest BCUT2D eigenvalue weighted by Gasteiger charge is -2.23. The normalized spacial score (nSPS) is 19.0. The van der Waals surface area contributed by atoms with E-state index < -0.39 is 16.8 Å². The first kappa shape index (κ1) is 22.7. The maximum Gasteiger partial charge on any atom is 0.251 e. The first-order chi connectivity index (χ1) is 14.8. The molecule has 3 amide bonds. The van der Waals surface area contributed by atoms with E-state index in [1.165, 1.54) is 11.9 Å². The largest absolute Gasteiger partial charge is 0.357 e. The predicted molar refractivity (Wildman–Crippen MR) is 121 cm³/mol. The van der Waals surface area contributed by atoms with Crippen LogP contribution >= 0.6 is 0 Å². The number of hydrogen-bond acceptors (Lipinski definition) is 4. The monoisotopic (exact) mass is 441 g/mol. The van der Waals surface area contributed by atoms with Crippen molar-refractivity contribution < 1.29 is 18.6 Å². The Morgan fingerprint density at radius 1 is 1.10 bits per heavy atom. The highest BCUT2D eigenvalue weighted by molar-refractivity contribution is 7.84. The van der Waals surface area contributed by atoms with Crippen LogP contribution in [0.3, 0.4) is 0 Å². The van der Waals surface area contributed by atoms with E-state index in [2.05, 4.69) is 10.6 Å². The Morgan fingerprint density at radius 3 is 2.45 bits per heavy atom. The minimum absolute atomic E-state index is 0.232. The standard InChI is InChI=1S/C23H27N3O4S/c1-15-7-9-16(10-8-15)17-5-4-6-18(11-17)22(28)25-13-21(27)26-14-19(31(3)30)12-20(26)23(29)24-2/h4-11,19-20H,12-14H2,1-3H3,(H,24,29)(H,25,28)/t19-,20+,31?/m1/s1. The molecule has 1 aliphatic rings. The number of benzene rings is 2. The number of aryl methyl sites for hydroxylation is 1. The summed E-state index contributed by atoms with van der Waals surface area (Å²) in [5.41, 5.74) is 3.51. The third-order valence-corrected chi connectivity index (χ3v) is 6.79. The molecule has 164 valence electrons. The van der Waals surface area contributed by atoms with E-state index in [0.717, 1.165) is 16.7 Å². The van der Waals surface area contributed by atoms with Gasteiger partial charge in [-0.15, -0.1) is 0 Å². The summed E-state index contributed by atoms with van der Waals surface area (Å²) in [6.07, 6.45) is 1.92. The molecular formula is C23H27N3O4S. The van der Waals surface area contributed by atoms with Crippen LogP contribution in [0.15, 0.2) is 48.5 Å². The van der Waals surface area contributed by atoms with E-state index >= 15 is 0 Å². The molecule has 0 radical (unpaired) electrons. The van der Waals surface area contributed by atoms with E-state index in [9.17, 15) is 18.6 Å². The number of amides is 3. The molecule has 1 aliphatic heterocycles. The Balaban J connectivity index is 1.66. The maximum atomic E-state index is 12.7. The van der Waals surface area contributed by atoms with Gasteiger partial charge in [-0.2, -0.15) is 0 Å². The fraction of sp³-hybridized carbons (Fsp3) is 0.348. The Morgan fingerprint density at radius 2 is 1.81 bits per heavy atom. The molecule has 3 rings (SSSR count). The fourth-order valence-corrected chi connectivity index (χ4v) is 4.50. The van der Waals surface area contributed by atoms with Gasteiger partial charge in [0, 0.05) is 36.2 Å². The van der Waals surface area contributed by atoms with Gasteiger partial charge in [0.1, 0.15) is 6.04 Å². The third-order valence-electron chi connectivity index (χ3n) is 5.51. The number of likely N-dealkylation sites (N-methyl/N-ethyl adjacent to an activating group) is 1. The lowest BCUT2D eigenvalue weighted by molar-refractivity contribution is -0.137. The Bertz CT molecular complexity index is 1010. The van der Waals surface area contributed by atoms with Crippen molar-refractivity contribution in [3.05, 3.63) is 59.7 Å². The van der Waals surface area contributed by atoms with Crippen molar-refractivity contribution in [2.75, 3.05) is 26.4 Å². The van der Waals surface area contributed by atoms with Crippen LogP contribution in [0.2, 0.25) is 0 Å². The Kier molecular flexibility index (Phi) is 7.22. The average molecular weight is 442 g/mol. The van der Waals surface area contributed by atoms with Crippen LogP contribution in [0.1, 0.15) is 22.3 Å². The Labute approximate surface area is 184 Å². The molecule has 31 heavy (non-hydrogen) atoms. The summed E-state index contributed by atoms with van der Waals surface area (Å²) in [7, 11) is 0.361. The van der Waals surface area contributed by atoms with Crippen LogP contribution in [0.25, 0.3) is 11.1 Å². The SMILES string of the molecule is CNC(=O)[C@@H]1C[C@@H](S(C)=O)CN1C(=O)CNC(=O)c1cccc(-c2ccc(C)cc2)c1. The molecule has 8 heteroatoms. The summed E-state index contributed by atoms with van der Waals surface area (Å²) in [6, 6.07) is 14.5. The summed E-state index contributed by atoms with van der Waals surface area (Å²) in [4.78, 5) is 38.9. The highest BCUT2D eigenvalue weighted by Crippen LogP contribution is 2.22. The van der Waals surface area contributed by atoms with Crippen LogP contribution < -0.4 is 10.6 Å². The van der Waals surface area contributed by atoms with Crippen molar-refractivity contribution in [2.45, 2.75) is 24.6 Å². The van der Waals surface area contributed by atoms with E-state index in [-0.39, 0.29) is 36.1 Å². The minimum atomic E-state index is -1.14. The second-order valence-corrected chi connectivity index (χ2v) is 9.33. The van der Waals surface area contributed by atoms with Crippen LogP contribution in [0.5, 0.6) is 0 Å². The summed E-state index contributed by atoms with van der Waals surface area (Å²) < 4.78 is 11.9. The second-order valence-electron chi connectivity index (χ2n) is 7.66. The lowest BCUT2D eigenvalue weighted by atomic mass is 10.0. The highest BCUT2D eigenvalue weighted by atomic mass is 32.2. The molecule has 2 N–H and O–H groups in total. The van der Waals surface area contributed by atoms with Gasteiger partial charge in [-0.05, 0) is 36.6 Å². The number of likely N-dealkylation sites (tertiary alicyclic amines) is 1. The van der Waals surface area contributed by atoms with Crippen LogP contribution in [0.4, 0.5) is 0 Å². The quantitative estimate of drug-likeness (QED) is 0.710. The molecule has 1 unspecified atom stereocenters. The van der Waals surface area contributed by atoms with Gasteiger partial charge in [0.25, 0.3) is 5.91 Å². The topological polar surface area (TPSA) is 95.6 Å². The summed E-state index contributed by atoms with van der Waals surface area (Å²) in [5, 5.41) is 4.94. The number of carbonyl (C=O) groups excluding carboxylic acids is 3. The Hall–Kier alpha value is -3.00. The van der Waals surface area contributed by atoms with Crippen LogP contribution in [-0.4, -0.2) is 64.5 Å². The van der Waals surface area contributed by atoms with Crippen molar-refractivity contribution in [2.24, 2.45) is 0 Å². The highest BCUT2D eigenvalue weighted by Gasteiger charge is 2.40. The van der Waals surface area contributed by atoms with Gasteiger partial charge in [0.05, 0.1) is 11.8 Å². The first-order valence-corrected chi connectivity index (χ1v) is 11.7. The van der Waals surface area contributed by atoms with Crippen molar-refractivity contribution in [1.29, 1.82) is 0 Å². The molecule has 0 spiro atoms. The van der Waals surface area contributed by atoms with Gasteiger partial charge in [-0.25, -0.2) is 0 Å². The number of nitrogens with zero attached hydrogens (tertiary/aromatic N) is 1. The van der Waals surface area contributed by atoms with E-state index in [4.69, 9.17) is 0 Å².